The number of aryl methyl sites for hydroxylation is 1. The lowest BCUT2D eigenvalue weighted by Crippen LogP contribution is -2.31. The molecule has 1 aromatic heterocycles. The number of benzene rings is 1. The second kappa shape index (κ2) is 8.51. The summed E-state index contributed by atoms with van der Waals surface area (Å²) in [4.78, 5) is 12.5. The maximum Gasteiger partial charge on any atom is 0.257 e. The van der Waals surface area contributed by atoms with Gasteiger partial charge in [0.2, 0.25) is 30.3 Å². The van der Waals surface area contributed by atoms with Crippen molar-refractivity contribution in [1.82, 2.24) is 14.5 Å². The van der Waals surface area contributed by atoms with Gasteiger partial charge in [-0.25, -0.2) is 16.8 Å². The summed E-state index contributed by atoms with van der Waals surface area (Å²) in [5.74, 6) is -0.585. The third-order valence-electron chi connectivity index (χ3n) is 3.69. The summed E-state index contributed by atoms with van der Waals surface area (Å²) in [5.41, 5.74) is 0.656. The lowest BCUT2D eigenvalue weighted by atomic mass is 10.1. The van der Waals surface area contributed by atoms with E-state index in [1.54, 1.807) is 26.8 Å². The Balaban J connectivity index is 2.28. The number of hydrogen-bond acceptors (Lipinski definition) is 8. The van der Waals surface area contributed by atoms with Gasteiger partial charge in [-0.2, -0.15) is 4.31 Å². The van der Waals surface area contributed by atoms with Crippen LogP contribution in [0.25, 0.3) is 0 Å². The van der Waals surface area contributed by atoms with Crippen molar-refractivity contribution in [2.75, 3.05) is 29.4 Å². The predicted octanol–water partition coefficient (Wildman–Crippen LogP) is 1.50. The van der Waals surface area contributed by atoms with Crippen molar-refractivity contribution in [1.29, 1.82) is 0 Å². The van der Waals surface area contributed by atoms with Gasteiger partial charge in [-0.1, -0.05) is 31.3 Å². The molecule has 0 saturated heterocycles. The summed E-state index contributed by atoms with van der Waals surface area (Å²) in [7, 11) is -7.24. The van der Waals surface area contributed by atoms with E-state index >= 15 is 0 Å². The Morgan fingerprint density at radius 2 is 1.71 bits per heavy atom. The van der Waals surface area contributed by atoms with Gasteiger partial charge in [0, 0.05) is 18.7 Å². The monoisotopic (exact) mass is 447 g/mol. The van der Waals surface area contributed by atoms with Crippen molar-refractivity contribution in [2.24, 2.45) is 0 Å². The molecule has 0 unspecified atom stereocenters. The van der Waals surface area contributed by atoms with Gasteiger partial charge in [0.15, 0.2) is 0 Å². The Morgan fingerprint density at radius 1 is 1.11 bits per heavy atom. The molecule has 2 N–H and O–H groups in total. The number of carbonyl (C=O) groups is 1. The summed E-state index contributed by atoms with van der Waals surface area (Å²) < 4.78 is 51.5. The van der Waals surface area contributed by atoms with Crippen LogP contribution in [0.1, 0.15) is 29.8 Å². The van der Waals surface area contributed by atoms with Gasteiger partial charge in [-0.05, 0) is 24.6 Å². The van der Waals surface area contributed by atoms with E-state index in [1.165, 1.54) is 16.4 Å². The molecule has 0 aliphatic carbocycles. The smallest absolute Gasteiger partial charge is 0.257 e. The number of aromatic nitrogens is 2. The third-order valence-corrected chi connectivity index (χ3v) is 7.33. The molecule has 0 aliphatic heterocycles. The molecule has 0 saturated carbocycles. The highest BCUT2D eigenvalue weighted by molar-refractivity contribution is 7.92. The number of hydrogen-bond donors (Lipinski definition) is 2. The lowest BCUT2D eigenvalue weighted by Gasteiger charge is -2.20. The van der Waals surface area contributed by atoms with E-state index in [2.05, 4.69) is 20.2 Å². The number of amides is 1. The second-order valence-electron chi connectivity index (χ2n) is 5.81. The van der Waals surface area contributed by atoms with Gasteiger partial charge in [-0.15, -0.1) is 10.2 Å². The number of sulfonamides is 2. The quantitative estimate of drug-likeness (QED) is 0.625. The molecule has 0 radical (unpaired) electrons. The first kappa shape index (κ1) is 22.2. The maximum absolute atomic E-state index is 12.8. The van der Waals surface area contributed by atoms with Crippen LogP contribution in [0, 0.1) is 6.92 Å². The molecule has 0 bridgehead atoms. The van der Waals surface area contributed by atoms with Crippen LogP contribution in [0.3, 0.4) is 0 Å². The molecule has 2 aromatic rings. The first-order chi connectivity index (χ1) is 13.0. The van der Waals surface area contributed by atoms with Crippen molar-refractivity contribution >= 4 is 47.6 Å². The second-order valence-corrected chi connectivity index (χ2v) is 10.4. The minimum absolute atomic E-state index is 0.00602. The average Bonchev–Trinajstić information content (AvgIpc) is 3.00. The van der Waals surface area contributed by atoms with E-state index in [4.69, 9.17) is 0 Å². The number of carbonyl (C=O) groups excluding carboxylic acids is 1. The summed E-state index contributed by atoms with van der Waals surface area (Å²) in [6.45, 7) is 5.77. The van der Waals surface area contributed by atoms with Crippen LogP contribution in [0.4, 0.5) is 10.3 Å². The minimum atomic E-state index is -3.73. The van der Waals surface area contributed by atoms with Gasteiger partial charge in [0.25, 0.3) is 5.91 Å². The first-order valence-corrected chi connectivity index (χ1v) is 12.4. The molecule has 0 spiro atoms. The molecule has 1 amide bonds. The van der Waals surface area contributed by atoms with E-state index in [-0.39, 0.29) is 20.7 Å². The lowest BCUT2D eigenvalue weighted by molar-refractivity contribution is 0.102. The summed E-state index contributed by atoms with van der Waals surface area (Å²) in [5, 5.41) is 9.88. The number of anilines is 2. The van der Waals surface area contributed by atoms with Gasteiger partial charge < -0.3 is 0 Å². The van der Waals surface area contributed by atoms with E-state index in [0.717, 1.165) is 17.6 Å². The van der Waals surface area contributed by atoms with Gasteiger partial charge >= 0.3 is 0 Å². The zero-order chi connectivity index (χ0) is 21.1. The van der Waals surface area contributed by atoms with Crippen molar-refractivity contribution in [3.63, 3.8) is 0 Å². The van der Waals surface area contributed by atoms with Crippen LogP contribution in [0.5, 0.6) is 0 Å². The molecule has 13 heteroatoms. The van der Waals surface area contributed by atoms with Crippen molar-refractivity contribution in [2.45, 2.75) is 25.7 Å². The molecule has 1 heterocycles. The zero-order valence-corrected chi connectivity index (χ0v) is 18.2. The minimum Gasteiger partial charge on any atom is -0.296 e. The molecule has 0 aliphatic rings. The average molecular weight is 448 g/mol. The highest BCUT2D eigenvalue weighted by Gasteiger charge is 2.25. The zero-order valence-electron chi connectivity index (χ0n) is 15.8. The number of nitrogens with zero attached hydrogens (tertiary/aromatic N) is 3. The van der Waals surface area contributed by atoms with Crippen LogP contribution in [-0.4, -0.2) is 56.6 Å². The van der Waals surface area contributed by atoms with Crippen LogP contribution in [0.15, 0.2) is 23.1 Å². The van der Waals surface area contributed by atoms with Gasteiger partial charge in [0.05, 0.1) is 11.2 Å². The SMILES string of the molecule is CCN(CC)S(=O)(=O)c1cc(C(=O)Nc2nnc(NS(C)(=O)=O)s2)ccc1C. The van der Waals surface area contributed by atoms with E-state index in [0.29, 0.717) is 18.7 Å². The molecule has 28 heavy (non-hydrogen) atoms. The highest BCUT2D eigenvalue weighted by atomic mass is 32.2. The molecule has 0 fully saturated rings. The third kappa shape index (κ3) is 5.25. The van der Waals surface area contributed by atoms with Crippen LogP contribution in [0.2, 0.25) is 0 Å². The Hall–Kier alpha value is -2.09. The summed E-state index contributed by atoms with van der Waals surface area (Å²) in [6.07, 6.45) is 0.969. The number of rotatable bonds is 8. The standard InChI is InChI=1S/C15H21N5O5S3/c1-5-20(6-2)28(24,25)12-9-11(8-7-10(12)3)13(21)16-14-17-18-15(26-14)19-27(4,22)23/h7-9H,5-6H2,1-4H3,(H,18,19)(H,16,17,21). The molecule has 2 rings (SSSR count). The summed E-state index contributed by atoms with van der Waals surface area (Å²) in [6, 6.07) is 4.37. The molecule has 10 nitrogen and oxygen atoms in total. The van der Waals surface area contributed by atoms with Crippen molar-refractivity contribution in [3.05, 3.63) is 29.3 Å². The van der Waals surface area contributed by atoms with Crippen LogP contribution in [-0.2, 0) is 20.0 Å². The Bertz CT molecular complexity index is 1080. The molecule has 154 valence electrons. The molecular weight excluding hydrogens is 426 g/mol. The Kier molecular flexibility index (Phi) is 6.75. The van der Waals surface area contributed by atoms with Crippen molar-refractivity contribution < 1.29 is 21.6 Å². The Labute approximate surface area is 168 Å². The van der Waals surface area contributed by atoms with E-state index in [9.17, 15) is 21.6 Å². The van der Waals surface area contributed by atoms with Gasteiger partial charge in [-0.3, -0.25) is 14.8 Å². The fraction of sp³-hybridized carbons (Fsp3) is 0.400. The molecular formula is C15H21N5O5S3. The van der Waals surface area contributed by atoms with Crippen LogP contribution >= 0.6 is 11.3 Å². The molecule has 1 aromatic carbocycles. The first-order valence-electron chi connectivity index (χ1n) is 8.21. The molecule has 0 atom stereocenters. The summed E-state index contributed by atoms with van der Waals surface area (Å²) >= 11 is 0.837. The number of nitrogens with one attached hydrogen (secondary N) is 2. The van der Waals surface area contributed by atoms with Gasteiger partial charge in [0.1, 0.15) is 0 Å². The maximum atomic E-state index is 12.8. The van der Waals surface area contributed by atoms with Crippen molar-refractivity contribution in [3.8, 4) is 0 Å². The van der Waals surface area contributed by atoms with E-state index in [1.807, 2.05) is 0 Å². The normalized spacial score (nSPS) is 12.2. The topological polar surface area (TPSA) is 138 Å². The fourth-order valence-electron chi connectivity index (χ4n) is 2.36. The fourth-order valence-corrected chi connectivity index (χ4v) is 5.54. The predicted molar refractivity (Wildman–Crippen MR) is 108 cm³/mol. The van der Waals surface area contributed by atoms with Crippen LogP contribution < -0.4 is 10.0 Å². The Morgan fingerprint density at radius 3 is 2.29 bits per heavy atom. The van der Waals surface area contributed by atoms with E-state index < -0.39 is 26.0 Å². The largest absolute Gasteiger partial charge is 0.296 e. The highest BCUT2D eigenvalue weighted by Crippen LogP contribution is 2.24.